The Labute approximate surface area is 101 Å². The Morgan fingerprint density at radius 3 is 1.25 bits per heavy atom. The van der Waals surface area contributed by atoms with Gasteiger partial charge in [-0.2, -0.15) is 0 Å². The molecule has 2 aromatic rings. The van der Waals surface area contributed by atoms with Crippen molar-refractivity contribution in [2.45, 2.75) is 23.6 Å². The van der Waals surface area contributed by atoms with Gasteiger partial charge in [0.1, 0.15) is 6.26 Å². The second kappa shape index (κ2) is 4.75. The molecule has 2 rings (SSSR count). The Balaban J connectivity index is 2.28. The van der Waals surface area contributed by atoms with Crippen LogP contribution in [0, 0.1) is 13.8 Å². The van der Waals surface area contributed by atoms with Crippen molar-refractivity contribution < 1.29 is 0 Å². The van der Waals surface area contributed by atoms with Crippen LogP contribution in [0.15, 0.2) is 58.3 Å². The van der Waals surface area contributed by atoms with E-state index in [1.165, 1.54) is 20.9 Å². The Bertz CT molecular complexity index is 408. The van der Waals surface area contributed by atoms with Crippen LogP contribution in [-0.4, -0.2) is 6.26 Å². The fraction of sp³-hybridized carbons (Fsp3) is 0.200. The van der Waals surface area contributed by atoms with E-state index in [1.54, 1.807) is 0 Å². The lowest BCUT2D eigenvalue weighted by Crippen LogP contribution is -2.00. The summed E-state index contributed by atoms with van der Waals surface area (Å²) in [5, 5.41) is 0. The Morgan fingerprint density at radius 1 is 0.625 bits per heavy atom. The van der Waals surface area contributed by atoms with Crippen LogP contribution in [0.5, 0.6) is 0 Å². The van der Waals surface area contributed by atoms with E-state index in [2.05, 4.69) is 68.6 Å². The van der Waals surface area contributed by atoms with Gasteiger partial charge in [-0.3, -0.25) is 0 Å². The fourth-order valence-electron chi connectivity index (χ4n) is 1.62. The van der Waals surface area contributed by atoms with Gasteiger partial charge in [0.05, 0.1) is 10.9 Å². The van der Waals surface area contributed by atoms with E-state index in [-0.39, 0.29) is 10.9 Å². The lowest BCUT2D eigenvalue weighted by Gasteiger charge is -2.03. The van der Waals surface area contributed by atoms with Crippen LogP contribution in [0.4, 0.5) is 0 Å². The molecule has 0 saturated heterocycles. The summed E-state index contributed by atoms with van der Waals surface area (Å²) >= 11 is 0. The van der Waals surface area contributed by atoms with Crippen LogP contribution < -0.4 is 0 Å². The third kappa shape index (κ3) is 2.48. The van der Waals surface area contributed by atoms with Gasteiger partial charge in [-0.15, -0.1) is 0 Å². The second-order valence-electron chi connectivity index (χ2n) is 4.14. The Hall–Kier alpha value is -1.21. The summed E-state index contributed by atoms with van der Waals surface area (Å²) in [6.07, 6.45) is 2.29. The predicted molar refractivity (Wildman–Crippen MR) is 72.2 cm³/mol. The van der Waals surface area contributed by atoms with E-state index in [0.29, 0.717) is 0 Å². The highest BCUT2D eigenvalue weighted by atomic mass is 32.2. The Morgan fingerprint density at radius 2 is 0.938 bits per heavy atom. The van der Waals surface area contributed by atoms with Crippen molar-refractivity contribution in [1.29, 1.82) is 0 Å². The molecule has 0 amide bonds. The molecule has 82 valence electrons. The molecule has 0 nitrogen and oxygen atoms in total. The zero-order valence-corrected chi connectivity index (χ0v) is 10.8. The normalized spacial score (nSPS) is 10.8. The van der Waals surface area contributed by atoms with Gasteiger partial charge in [-0.1, -0.05) is 35.4 Å². The molecule has 0 heterocycles. The minimum Gasteiger partial charge on any atom is -0.0543 e. The molecule has 0 aliphatic heterocycles. The third-order valence-electron chi connectivity index (χ3n) is 2.75. The van der Waals surface area contributed by atoms with Crippen LogP contribution in [-0.2, 0) is 10.9 Å². The lowest BCUT2D eigenvalue weighted by atomic mass is 10.2. The molecule has 0 spiro atoms. The summed E-state index contributed by atoms with van der Waals surface area (Å²) in [5.74, 6) is 0. The van der Waals surface area contributed by atoms with Crippen molar-refractivity contribution in [1.82, 2.24) is 0 Å². The van der Waals surface area contributed by atoms with Crippen molar-refractivity contribution in [3.8, 4) is 0 Å². The van der Waals surface area contributed by atoms with Gasteiger partial charge >= 0.3 is 0 Å². The van der Waals surface area contributed by atoms with Crippen molar-refractivity contribution in [3.63, 3.8) is 0 Å². The third-order valence-corrected chi connectivity index (χ3v) is 4.71. The van der Waals surface area contributed by atoms with Gasteiger partial charge < -0.3 is 0 Å². The molecule has 0 bridgehead atoms. The maximum Gasteiger partial charge on any atom is 0.160 e. The quantitative estimate of drug-likeness (QED) is 0.684. The lowest BCUT2D eigenvalue weighted by molar-refractivity contribution is 1.32. The maximum atomic E-state index is 2.29. The second-order valence-corrected chi connectivity index (χ2v) is 6.10. The summed E-state index contributed by atoms with van der Waals surface area (Å²) in [4.78, 5) is 2.82. The first kappa shape index (κ1) is 11.3. The highest BCUT2D eigenvalue weighted by Gasteiger charge is 2.18. The molecule has 16 heavy (non-hydrogen) atoms. The smallest absolute Gasteiger partial charge is 0.0543 e. The van der Waals surface area contributed by atoms with Crippen LogP contribution in [0.2, 0.25) is 0 Å². The Kier molecular flexibility index (Phi) is 3.35. The molecule has 0 radical (unpaired) electrons. The summed E-state index contributed by atoms with van der Waals surface area (Å²) in [5.41, 5.74) is 2.65. The molecule has 0 atom stereocenters. The molecule has 0 fully saturated rings. The number of rotatable bonds is 2. The van der Waals surface area contributed by atoms with Gasteiger partial charge in [0.2, 0.25) is 0 Å². The highest BCUT2D eigenvalue weighted by molar-refractivity contribution is 7.96. The standard InChI is InChI=1S/C15H17S/c1-12-4-8-14(9-5-12)16(3)15-10-6-13(2)7-11-15/h4-11H,1-3H3/q+1. The average molecular weight is 229 g/mol. The zero-order chi connectivity index (χ0) is 11.5. The van der Waals surface area contributed by atoms with Crippen LogP contribution in [0.25, 0.3) is 0 Å². The van der Waals surface area contributed by atoms with Gasteiger partial charge in [0.25, 0.3) is 0 Å². The number of hydrogen-bond acceptors (Lipinski definition) is 0. The fourth-order valence-corrected chi connectivity index (χ4v) is 2.98. The van der Waals surface area contributed by atoms with Crippen LogP contribution >= 0.6 is 0 Å². The van der Waals surface area contributed by atoms with Crippen LogP contribution in [0.3, 0.4) is 0 Å². The van der Waals surface area contributed by atoms with E-state index in [0.717, 1.165) is 0 Å². The number of hydrogen-bond donors (Lipinski definition) is 0. The molecule has 0 aromatic heterocycles. The molecule has 0 N–H and O–H groups in total. The summed E-state index contributed by atoms with van der Waals surface area (Å²) in [6, 6.07) is 17.7. The van der Waals surface area contributed by atoms with E-state index < -0.39 is 0 Å². The number of aryl methyl sites for hydroxylation is 2. The van der Waals surface area contributed by atoms with E-state index in [4.69, 9.17) is 0 Å². The monoisotopic (exact) mass is 229 g/mol. The SMILES string of the molecule is Cc1ccc([S+](C)c2ccc(C)cc2)cc1. The first-order valence-corrected chi connectivity index (χ1v) is 7.09. The van der Waals surface area contributed by atoms with E-state index >= 15 is 0 Å². The topological polar surface area (TPSA) is 0 Å². The van der Waals surface area contributed by atoms with E-state index in [9.17, 15) is 0 Å². The largest absolute Gasteiger partial charge is 0.160 e. The minimum atomic E-state index is 0.187. The van der Waals surface area contributed by atoms with Crippen LogP contribution in [0.1, 0.15) is 11.1 Å². The summed E-state index contributed by atoms with van der Waals surface area (Å²) in [7, 11) is 0.187. The van der Waals surface area contributed by atoms with Gasteiger partial charge in [-0.05, 0) is 38.1 Å². The van der Waals surface area contributed by atoms with E-state index in [1.807, 2.05) is 0 Å². The molecule has 0 aliphatic rings. The molecule has 0 aliphatic carbocycles. The van der Waals surface area contributed by atoms with Gasteiger partial charge in [-0.25, -0.2) is 0 Å². The number of benzene rings is 2. The molecular weight excluding hydrogens is 212 g/mol. The molecule has 0 saturated carbocycles. The summed E-state index contributed by atoms with van der Waals surface area (Å²) in [6.45, 7) is 4.26. The predicted octanol–water partition coefficient (Wildman–Crippen LogP) is 3.97. The first-order valence-electron chi connectivity index (χ1n) is 5.46. The summed E-state index contributed by atoms with van der Waals surface area (Å²) < 4.78 is 0. The maximum absolute atomic E-state index is 2.29. The highest BCUT2D eigenvalue weighted by Crippen LogP contribution is 2.21. The van der Waals surface area contributed by atoms with Crippen molar-refractivity contribution >= 4 is 10.9 Å². The van der Waals surface area contributed by atoms with Gasteiger partial charge in [0, 0.05) is 0 Å². The van der Waals surface area contributed by atoms with Crippen molar-refractivity contribution in [3.05, 3.63) is 59.7 Å². The molecule has 2 aromatic carbocycles. The molecule has 1 heteroatoms. The molecule has 0 unspecified atom stereocenters. The van der Waals surface area contributed by atoms with Gasteiger partial charge in [0.15, 0.2) is 9.79 Å². The zero-order valence-electron chi connectivity index (χ0n) is 10.0. The van der Waals surface area contributed by atoms with Crippen molar-refractivity contribution in [2.75, 3.05) is 6.26 Å². The van der Waals surface area contributed by atoms with Crippen molar-refractivity contribution in [2.24, 2.45) is 0 Å². The first-order chi connectivity index (χ1) is 7.66. The minimum absolute atomic E-state index is 0.187. The average Bonchev–Trinajstić information content (AvgIpc) is 2.30. The molecular formula is C15H17S+.